The van der Waals surface area contributed by atoms with Crippen LogP contribution in [-0.2, 0) is 0 Å². The monoisotopic (exact) mass is 231 g/mol. The van der Waals surface area contributed by atoms with E-state index in [9.17, 15) is 10.1 Å². The van der Waals surface area contributed by atoms with Crippen LogP contribution in [0.15, 0.2) is 18.5 Å². The van der Waals surface area contributed by atoms with Gasteiger partial charge in [0.05, 0.1) is 4.92 Å². The Morgan fingerprint density at radius 2 is 2.29 bits per heavy atom. The third-order valence-corrected chi connectivity index (χ3v) is 1.91. The SMILES string of the molecule is N#Cc1ncn(-c2ccc([N+](=O)[O-])c(N)n2)n1. The highest BCUT2D eigenvalue weighted by molar-refractivity contribution is 5.54. The van der Waals surface area contributed by atoms with Crippen molar-refractivity contribution in [2.75, 3.05) is 5.73 Å². The lowest BCUT2D eigenvalue weighted by Crippen LogP contribution is -2.04. The Kier molecular flexibility index (Phi) is 2.38. The van der Waals surface area contributed by atoms with Crippen LogP contribution in [0.4, 0.5) is 11.5 Å². The summed E-state index contributed by atoms with van der Waals surface area (Å²) in [6.45, 7) is 0. The molecular weight excluding hydrogens is 226 g/mol. The van der Waals surface area contributed by atoms with Crippen LogP contribution in [0.5, 0.6) is 0 Å². The summed E-state index contributed by atoms with van der Waals surface area (Å²) in [6, 6.07) is 4.33. The zero-order valence-corrected chi connectivity index (χ0v) is 8.31. The second-order valence-electron chi connectivity index (χ2n) is 2.96. The lowest BCUT2D eigenvalue weighted by molar-refractivity contribution is -0.384. The summed E-state index contributed by atoms with van der Waals surface area (Å²) >= 11 is 0. The second kappa shape index (κ2) is 3.86. The summed E-state index contributed by atoms with van der Waals surface area (Å²) in [6.07, 6.45) is 1.27. The molecule has 0 amide bonds. The Hall–Kier alpha value is -3.02. The minimum Gasteiger partial charge on any atom is -0.378 e. The number of nitrogens with zero attached hydrogens (tertiary/aromatic N) is 6. The number of nitro groups is 1. The van der Waals surface area contributed by atoms with Crippen molar-refractivity contribution in [1.82, 2.24) is 19.7 Å². The number of nitrogens with two attached hydrogens (primary N) is 1. The van der Waals surface area contributed by atoms with Gasteiger partial charge in [-0.3, -0.25) is 10.1 Å². The number of nitrogen functional groups attached to an aromatic ring is 1. The Morgan fingerprint density at radius 1 is 1.53 bits per heavy atom. The van der Waals surface area contributed by atoms with Crippen molar-refractivity contribution in [2.45, 2.75) is 0 Å². The fraction of sp³-hybridized carbons (Fsp3) is 0. The Labute approximate surface area is 94.3 Å². The van der Waals surface area contributed by atoms with Gasteiger partial charge in [-0.25, -0.2) is 14.6 Å². The van der Waals surface area contributed by atoms with Crippen molar-refractivity contribution in [3.05, 3.63) is 34.4 Å². The zero-order valence-electron chi connectivity index (χ0n) is 8.31. The van der Waals surface area contributed by atoms with E-state index in [0.29, 0.717) is 0 Å². The standard InChI is InChI=1S/C8H5N7O2/c9-3-6-11-4-14(13-6)7-2-1-5(15(16)17)8(10)12-7/h1-2,4H,(H2,10,12). The van der Waals surface area contributed by atoms with Gasteiger partial charge in [0.15, 0.2) is 5.82 Å². The summed E-state index contributed by atoms with van der Waals surface area (Å²) in [4.78, 5) is 17.4. The summed E-state index contributed by atoms with van der Waals surface area (Å²) in [5.74, 6) is 0.00679. The molecule has 2 rings (SSSR count). The zero-order chi connectivity index (χ0) is 12.4. The van der Waals surface area contributed by atoms with Crippen molar-refractivity contribution in [3.63, 3.8) is 0 Å². The quantitative estimate of drug-likeness (QED) is 0.568. The Balaban J connectivity index is 2.45. The van der Waals surface area contributed by atoms with Crippen molar-refractivity contribution < 1.29 is 4.92 Å². The average Bonchev–Trinajstić information content (AvgIpc) is 2.76. The van der Waals surface area contributed by atoms with Crippen LogP contribution in [0.25, 0.3) is 5.82 Å². The maximum absolute atomic E-state index is 10.5. The maximum Gasteiger partial charge on any atom is 0.311 e. The van der Waals surface area contributed by atoms with E-state index < -0.39 is 4.92 Å². The number of anilines is 1. The molecule has 0 saturated carbocycles. The smallest absolute Gasteiger partial charge is 0.311 e. The van der Waals surface area contributed by atoms with Gasteiger partial charge in [0.1, 0.15) is 12.4 Å². The van der Waals surface area contributed by atoms with Gasteiger partial charge in [0, 0.05) is 6.07 Å². The largest absolute Gasteiger partial charge is 0.378 e. The molecule has 2 N–H and O–H groups in total. The number of rotatable bonds is 2. The van der Waals surface area contributed by atoms with Crippen LogP contribution in [0.3, 0.4) is 0 Å². The first-order valence-corrected chi connectivity index (χ1v) is 4.35. The molecule has 0 atom stereocenters. The fourth-order valence-electron chi connectivity index (χ4n) is 1.16. The summed E-state index contributed by atoms with van der Waals surface area (Å²) in [5, 5.41) is 22.8. The third kappa shape index (κ3) is 1.86. The van der Waals surface area contributed by atoms with E-state index in [1.165, 1.54) is 23.1 Å². The van der Waals surface area contributed by atoms with E-state index >= 15 is 0 Å². The molecular formula is C8H5N7O2. The van der Waals surface area contributed by atoms with Crippen LogP contribution >= 0.6 is 0 Å². The van der Waals surface area contributed by atoms with Crippen LogP contribution < -0.4 is 5.73 Å². The van der Waals surface area contributed by atoms with Crippen molar-refractivity contribution in [1.29, 1.82) is 5.26 Å². The highest BCUT2D eigenvalue weighted by atomic mass is 16.6. The molecule has 0 saturated heterocycles. The van der Waals surface area contributed by atoms with E-state index in [0.717, 1.165) is 0 Å². The van der Waals surface area contributed by atoms with Gasteiger partial charge in [-0.1, -0.05) is 0 Å². The lowest BCUT2D eigenvalue weighted by atomic mass is 10.4. The highest BCUT2D eigenvalue weighted by Crippen LogP contribution is 2.19. The first-order chi connectivity index (χ1) is 8.11. The Morgan fingerprint density at radius 3 is 2.82 bits per heavy atom. The summed E-state index contributed by atoms with van der Waals surface area (Å²) in [5.41, 5.74) is 5.14. The maximum atomic E-state index is 10.5. The molecule has 2 aromatic heterocycles. The van der Waals surface area contributed by atoms with Gasteiger partial charge >= 0.3 is 5.69 Å². The predicted molar refractivity (Wildman–Crippen MR) is 54.9 cm³/mol. The van der Waals surface area contributed by atoms with Crippen LogP contribution in [0.2, 0.25) is 0 Å². The lowest BCUT2D eigenvalue weighted by Gasteiger charge is -2.00. The normalized spacial score (nSPS) is 9.82. The van der Waals surface area contributed by atoms with Crippen molar-refractivity contribution >= 4 is 11.5 Å². The van der Waals surface area contributed by atoms with E-state index in [1.807, 2.05) is 0 Å². The number of aromatic nitrogens is 4. The van der Waals surface area contributed by atoms with Gasteiger partial charge < -0.3 is 5.73 Å². The number of pyridine rings is 1. The molecule has 17 heavy (non-hydrogen) atoms. The van der Waals surface area contributed by atoms with E-state index in [2.05, 4.69) is 15.1 Å². The van der Waals surface area contributed by atoms with Crippen LogP contribution in [0, 0.1) is 21.4 Å². The molecule has 9 heteroatoms. The molecule has 0 unspecified atom stereocenters. The van der Waals surface area contributed by atoms with E-state index in [1.54, 1.807) is 6.07 Å². The average molecular weight is 231 g/mol. The fourth-order valence-corrected chi connectivity index (χ4v) is 1.16. The molecule has 84 valence electrons. The first kappa shape index (κ1) is 10.5. The van der Waals surface area contributed by atoms with Crippen LogP contribution in [-0.4, -0.2) is 24.7 Å². The third-order valence-electron chi connectivity index (χ3n) is 1.91. The minimum absolute atomic E-state index is 0.0243. The molecule has 0 spiro atoms. The molecule has 2 aromatic rings. The highest BCUT2D eigenvalue weighted by Gasteiger charge is 2.14. The van der Waals surface area contributed by atoms with Gasteiger partial charge in [0.2, 0.25) is 5.82 Å². The summed E-state index contributed by atoms with van der Waals surface area (Å²) in [7, 11) is 0. The Bertz CT molecular complexity index is 627. The molecule has 0 aromatic carbocycles. The van der Waals surface area contributed by atoms with Gasteiger partial charge in [-0.05, 0) is 6.07 Å². The molecule has 2 heterocycles. The van der Waals surface area contributed by atoms with Crippen molar-refractivity contribution in [3.8, 4) is 11.9 Å². The van der Waals surface area contributed by atoms with Crippen LogP contribution in [0.1, 0.15) is 5.82 Å². The number of hydrogen-bond donors (Lipinski definition) is 1. The van der Waals surface area contributed by atoms with Gasteiger partial charge in [-0.15, -0.1) is 5.10 Å². The molecule has 0 fully saturated rings. The number of nitriles is 1. The predicted octanol–water partition coefficient (Wildman–Crippen LogP) is 0.0244. The molecule has 0 bridgehead atoms. The second-order valence-corrected chi connectivity index (χ2v) is 2.96. The molecule has 9 nitrogen and oxygen atoms in total. The molecule has 0 radical (unpaired) electrons. The topological polar surface area (TPSA) is 137 Å². The minimum atomic E-state index is -0.631. The summed E-state index contributed by atoms with van der Waals surface area (Å²) < 4.78 is 1.21. The molecule has 0 aliphatic rings. The molecule has 0 aliphatic carbocycles. The van der Waals surface area contributed by atoms with Crippen molar-refractivity contribution in [2.24, 2.45) is 0 Å². The van der Waals surface area contributed by atoms with E-state index in [4.69, 9.17) is 11.0 Å². The van der Waals surface area contributed by atoms with E-state index in [-0.39, 0.29) is 23.1 Å². The first-order valence-electron chi connectivity index (χ1n) is 4.35. The van der Waals surface area contributed by atoms with Gasteiger partial charge in [-0.2, -0.15) is 5.26 Å². The van der Waals surface area contributed by atoms with Gasteiger partial charge in [0.25, 0.3) is 5.82 Å². The molecule has 0 aliphatic heterocycles. The number of hydrogen-bond acceptors (Lipinski definition) is 7.